The van der Waals surface area contributed by atoms with Gasteiger partial charge in [0, 0.05) is 33.8 Å². The molecule has 0 amide bonds. The minimum atomic E-state index is 0.293. The molecule has 2 aliphatic rings. The number of piperazine rings is 1. The molecule has 0 radical (unpaired) electrons. The van der Waals surface area contributed by atoms with Crippen molar-refractivity contribution in [1.82, 2.24) is 5.32 Å². The summed E-state index contributed by atoms with van der Waals surface area (Å²) in [6.07, 6.45) is 2.77. The van der Waals surface area contributed by atoms with E-state index in [1.807, 2.05) is 12.1 Å². The van der Waals surface area contributed by atoms with Gasteiger partial charge in [-0.3, -0.25) is 0 Å². The summed E-state index contributed by atoms with van der Waals surface area (Å²) >= 11 is 8.42. The summed E-state index contributed by atoms with van der Waals surface area (Å²) in [6.45, 7) is 5.64. The van der Waals surface area contributed by atoms with Crippen LogP contribution in [0, 0.1) is 9.49 Å². The number of nitrogens with zero attached hydrogens (tertiary/aromatic N) is 1. The van der Waals surface area contributed by atoms with E-state index in [0.717, 1.165) is 30.6 Å². The van der Waals surface area contributed by atoms with Crippen molar-refractivity contribution in [3.05, 3.63) is 26.8 Å². The van der Waals surface area contributed by atoms with Crippen molar-refractivity contribution in [2.45, 2.75) is 25.3 Å². The highest BCUT2D eigenvalue weighted by Gasteiger charge is 2.44. The number of nitrogens with one attached hydrogen (secondary N) is 1. The van der Waals surface area contributed by atoms with Gasteiger partial charge in [0.15, 0.2) is 0 Å². The Bertz CT molecular complexity index is 461. The van der Waals surface area contributed by atoms with E-state index in [9.17, 15) is 0 Å². The molecule has 1 heterocycles. The van der Waals surface area contributed by atoms with E-state index in [4.69, 9.17) is 11.6 Å². The van der Waals surface area contributed by atoms with Crippen LogP contribution in [-0.2, 0) is 0 Å². The normalized spacial score (nSPS) is 28.5. The molecule has 1 aliphatic heterocycles. The summed E-state index contributed by atoms with van der Waals surface area (Å²) in [7, 11) is 0. The average Bonchev–Trinajstić information content (AvgIpc) is 3.12. The van der Waals surface area contributed by atoms with E-state index >= 15 is 0 Å². The van der Waals surface area contributed by atoms with Gasteiger partial charge in [0.1, 0.15) is 0 Å². The summed E-state index contributed by atoms with van der Waals surface area (Å²) in [5.74, 6) is 0.866. The molecule has 0 bridgehead atoms. The number of anilines is 1. The van der Waals surface area contributed by atoms with Crippen LogP contribution in [0.1, 0.15) is 19.8 Å². The molecule has 1 aliphatic carbocycles. The SMILES string of the molecule is CC1(C2CC2)CN(c2ccc(Cl)cc2I)CCN1. The molecule has 2 fully saturated rings. The molecule has 1 aromatic carbocycles. The summed E-state index contributed by atoms with van der Waals surface area (Å²) in [5, 5.41) is 4.54. The maximum absolute atomic E-state index is 6.04. The van der Waals surface area contributed by atoms with E-state index < -0.39 is 0 Å². The van der Waals surface area contributed by atoms with Gasteiger partial charge in [0.25, 0.3) is 0 Å². The highest BCUT2D eigenvalue weighted by atomic mass is 127. The lowest BCUT2D eigenvalue weighted by Gasteiger charge is -2.43. The molecule has 2 nitrogen and oxygen atoms in total. The summed E-state index contributed by atoms with van der Waals surface area (Å²) in [6, 6.07) is 6.20. The maximum Gasteiger partial charge on any atom is 0.0504 e. The summed E-state index contributed by atoms with van der Waals surface area (Å²) in [4.78, 5) is 2.51. The van der Waals surface area contributed by atoms with Crippen molar-refractivity contribution in [2.75, 3.05) is 24.5 Å². The average molecular weight is 377 g/mol. The fraction of sp³-hybridized carbons (Fsp3) is 0.571. The van der Waals surface area contributed by atoms with Gasteiger partial charge in [0.2, 0.25) is 0 Å². The predicted octanol–water partition coefficient (Wildman–Crippen LogP) is 3.52. The molecule has 1 saturated heterocycles. The van der Waals surface area contributed by atoms with Crippen molar-refractivity contribution in [1.29, 1.82) is 0 Å². The number of halogens is 2. The Kier molecular flexibility index (Phi) is 3.49. The van der Waals surface area contributed by atoms with E-state index in [0.29, 0.717) is 5.54 Å². The monoisotopic (exact) mass is 376 g/mol. The maximum atomic E-state index is 6.04. The molecule has 1 unspecified atom stereocenters. The Labute approximate surface area is 127 Å². The fourth-order valence-corrected chi connectivity index (χ4v) is 4.16. The van der Waals surface area contributed by atoms with Crippen LogP contribution in [0.4, 0.5) is 5.69 Å². The molecule has 1 aromatic rings. The van der Waals surface area contributed by atoms with Crippen molar-refractivity contribution < 1.29 is 0 Å². The largest absolute Gasteiger partial charge is 0.368 e. The van der Waals surface area contributed by atoms with Gasteiger partial charge >= 0.3 is 0 Å². The van der Waals surface area contributed by atoms with E-state index in [-0.39, 0.29) is 0 Å². The number of hydrogen-bond acceptors (Lipinski definition) is 2. The third-order valence-electron chi connectivity index (χ3n) is 4.16. The molecule has 3 rings (SSSR count). The molecule has 4 heteroatoms. The second-order valence-electron chi connectivity index (χ2n) is 5.64. The molecule has 18 heavy (non-hydrogen) atoms. The third-order valence-corrected chi connectivity index (χ3v) is 5.26. The predicted molar refractivity (Wildman–Crippen MR) is 85.5 cm³/mol. The summed E-state index contributed by atoms with van der Waals surface area (Å²) in [5.41, 5.74) is 1.62. The summed E-state index contributed by atoms with van der Waals surface area (Å²) < 4.78 is 1.25. The van der Waals surface area contributed by atoms with Crippen LogP contribution in [0.5, 0.6) is 0 Å². The van der Waals surface area contributed by atoms with Crippen LogP contribution in [0.15, 0.2) is 18.2 Å². The molecular formula is C14H18ClIN2. The molecule has 0 aromatic heterocycles. The van der Waals surface area contributed by atoms with Gasteiger partial charge in [-0.05, 0) is 66.5 Å². The third kappa shape index (κ3) is 2.49. The van der Waals surface area contributed by atoms with Crippen LogP contribution in [0.3, 0.4) is 0 Å². The Morgan fingerprint density at radius 3 is 2.89 bits per heavy atom. The minimum absolute atomic E-state index is 0.293. The molecule has 0 spiro atoms. The second kappa shape index (κ2) is 4.84. The van der Waals surface area contributed by atoms with Crippen LogP contribution in [-0.4, -0.2) is 25.2 Å². The first-order valence-electron chi connectivity index (χ1n) is 6.53. The first kappa shape index (κ1) is 13.0. The molecule has 1 saturated carbocycles. The highest BCUT2D eigenvalue weighted by molar-refractivity contribution is 14.1. The smallest absolute Gasteiger partial charge is 0.0504 e. The Hall–Kier alpha value is -0.0000000000000000763. The zero-order chi connectivity index (χ0) is 12.8. The fourth-order valence-electron chi connectivity index (χ4n) is 2.95. The quantitative estimate of drug-likeness (QED) is 0.795. The lowest BCUT2D eigenvalue weighted by atomic mass is 9.92. The van der Waals surface area contributed by atoms with Gasteiger partial charge in [0.05, 0.1) is 5.69 Å². The van der Waals surface area contributed by atoms with Gasteiger partial charge in [-0.2, -0.15) is 0 Å². The Balaban J connectivity index is 1.83. The zero-order valence-electron chi connectivity index (χ0n) is 10.5. The second-order valence-corrected chi connectivity index (χ2v) is 7.23. The highest BCUT2D eigenvalue weighted by Crippen LogP contribution is 2.41. The van der Waals surface area contributed by atoms with E-state index in [1.54, 1.807) is 0 Å². The number of hydrogen-bond donors (Lipinski definition) is 1. The van der Waals surface area contributed by atoms with Crippen LogP contribution in [0.2, 0.25) is 5.02 Å². The van der Waals surface area contributed by atoms with Crippen LogP contribution < -0.4 is 10.2 Å². The topological polar surface area (TPSA) is 15.3 Å². The minimum Gasteiger partial charge on any atom is -0.368 e. The Morgan fingerprint density at radius 1 is 1.44 bits per heavy atom. The standard InChI is InChI=1S/C14H18ClIN2/c1-14(10-2-3-10)9-18(7-6-17-14)13-5-4-11(15)8-12(13)16/h4-5,8,10,17H,2-3,6-7,9H2,1H3. The van der Waals surface area contributed by atoms with Gasteiger partial charge in [-0.1, -0.05) is 11.6 Å². The molecular weight excluding hydrogens is 359 g/mol. The number of rotatable bonds is 2. The van der Waals surface area contributed by atoms with E-state index in [2.05, 4.69) is 45.8 Å². The van der Waals surface area contributed by atoms with Crippen molar-refractivity contribution in [3.8, 4) is 0 Å². The first-order valence-corrected chi connectivity index (χ1v) is 7.99. The Morgan fingerprint density at radius 2 is 2.22 bits per heavy atom. The lowest BCUT2D eigenvalue weighted by Crippen LogP contribution is -2.60. The van der Waals surface area contributed by atoms with Gasteiger partial charge < -0.3 is 10.2 Å². The van der Waals surface area contributed by atoms with Crippen LogP contribution in [0.25, 0.3) is 0 Å². The van der Waals surface area contributed by atoms with Gasteiger partial charge in [-0.25, -0.2) is 0 Å². The lowest BCUT2D eigenvalue weighted by molar-refractivity contribution is 0.285. The molecule has 1 N–H and O–H groups in total. The van der Waals surface area contributed by atoms with Crippen molar-refractivity contribution in [2.24, 2.45) is 5.92 Å². The van der Waals surface area contributed by atoms with Crippen LogP contribution >= 0.6 is 34.2 Å². The molecule has 98 valence electrons. The van der Waals surface area contributed by atoms with Crippen molar-refractivity contribution >= 4 is 39.9 Å². The van der Waals surface area contributed by atoms with E-state index in [1.165, 1.54) is 22.1 Å². The van der Waals surface area contributed by atoms with Gasteiger partial charge in [-0.15, -0.1) is 0 Å². The number of benzene rings is 1. The van der Waals surface area contributed by atoms with Crippen molar-refractivity contribution in [3.63, 3.8) is 0 Å². The first-order chi connectivity index (χ1) is 8.58. The zero-order valence-corrected chi connectivity index (χ0v) is 13.5. The molecule has 1 atom stereocenters.